The van der Waals surface area contributed by atoms with Crippen LogP contribution in [-0.4, -0.2) is 24.5 Å². The Morgan fingerprint density at radius 1 is 1.04 bits per heavy atom. The number of carbonyl (C=O) groups is 1. The van der Waals surface area contributed by atoms with E-state index in [1.54, 1.807) is 11.9 Å². The maximum absolute atomic E-state index is 12.3. The van der Waals surface area contributed by atoms with Gasteiger partial charge < -0.3 is 4.90 Å². The van der Waals surface area contributed by atoms with Crippen molar-refractivity contribution in [1.82, 2.24) is 0 Å². The van der Waals surface area contributed by atoms with E-state index in [0.717, 1.165) is 16.8 Å². The van der Waals surface area contributed by atoms with Crippen LogP contribution >= 0.6 is 0 Å². The minimum atomic E-state index is -0.157. The molecule has 0 saturated carbocycles. The average Bonchev–Trinajstić information content (AvgIpc) is 3.19. The van der Waals surface area contributed by atoms with Gasteiger partial charge in [0.05, 0.1) is 5.69 Å². The number of para-hydroxylation sites is 1. The molecule has 0 spiro atoms. The molecule has 0 aliphatic carbocycles. The van der Waals surface area contributed by atoms with E-state index in [9.17, 15) is 4.79 Å². The number of likely N-dealkylation sites (N-methyl/N-ethyl adjacent to an activating group) is 1. The van der Waals surface area contributed by atoms with E-state index in [-0.39, 0.29) is 11.9 Å². The minimum absolute atomic E-state index is 0.0283. The Kier molecular flexibility index (Phi) is 3.49. The summed E-state index contributed by atoms with van der Waals surface area (Å²) in [5.41, 5.74) is 3.08. The summed E-state index contributed by atoms with van der Waals surface area (Å²) >= 11 is 0. The second kappa shape index (κ2) is 5.81. The summed E-state index contributed by atoms with van der Waals surface area (Å²) < 4.78 is 0. The predicted octanol–water partition coefficient (Wildman–Crippen LogP) is 3.36. The van der Waals surface area contributed by atoms with Gasteiger partial charge in [-0.1, -0.05) is 48.5 Å². The van der Waals surface area contributed by atoms with E-state index < -0.39 is 0 Å². The number of amides is 1. The van der Waals surface area contributed by atoms with Gasteiger partial charge in [-0.05, 0) is 11.6 Å². The molecular weight excluding hydrogens is 302 g/mol. The summed E-state index contributed by atoms with van der Waals surface area (Å²) in [6.45, 7) is 0. The molecule has 1 atom stereocenters. The largest absolute Gasteiger partial charge is 0.309 e. The lowest BCUT2D eigenvalue weighted by atomic mass is 10.1. The van der Waals surface area contributed by atoms with Crippen LogP contribution in [0.25, 0.3) is 0 Å². The molecule has 0 bridgehead atoms. The molecule has 2 heterocycles. The molecule has 0 fully saturated rings. The van der Waals surface area contributed by atoms with Gasteiger partial charge in [-0.2, -0.15) is 5.11 Å². The topological polar surface area (TPSA) is 69.8 Å². The van der Waals surface area contributed by atoms with Crippen LogP contribution in [0.2, 0.25) is 0 Å². The maximum atomic E-state index is 12.3. The van der Waals surface area contributed by atoms with Crippen LogP contribution in [-0.2, 0) is 4.79 Å². The SMILES string of the molecule is CN1C(=O)/C(=N\N=C2\C[C@@H](c3ccccc3)N=N2)c2ccccc21. The van der Waals surface area contributed by atoms with Gasteiger partial charge in [-0.15, -0.1) is 15.3 Å². The van der Waals surface area contributed by atoms with E-state index in [2.05, 4.69) is 20.4 Å². The lowest BCUT2D eigenvalue weighted by molar-refractivity contribution is -0.111. The van der Waals surface area contributed by atoms with Crippen molar-refractivity contribution in [2.75, 3.05) is 11.9 Å². The standard InChI is InChI=1S/C18H15N5O/c1-23-15-10-6-5-9-13(15)17(18(23)24)22-21-16-11-14(19-20-16)12-7-3-2-4-8-12/h2-10,14H,11H2,1H3/b21-16-,22-17-/t14-/m0/s1. The fourth-order valence-corrected chi connectivity index (χ4v) is 2.87. The number of azo groups is 1. The van der Waals surface area contributed by atoms with Crippen LogP contribution in [0.5, 0.6) is 0 Å². The van der Waals surface area contributed by atoms with Crippen molar-refractivity contribution in [3.05, 3.63) is 65.7 Å². The van der Waals surface area contributed by atoms with Crippen molar-refractivity contribution in [2.45, 2.75) is 12.5 Å². The monoisotopic (exact) mass is 317 g/mol. The summed E-state index contributed by atoms with van der Waals surface area (Å²) in [7, 11) is 1.73. The van der Waals surface area contributed by atoms with Gasteiger partial charge in [-0.3, -0.25) is 4.79 Å². The molecule has 24 heavy (non-hydrogen) atoms. The Morgan fingerprint density at radius 3 is 2.62 bits per heavy atom. The number of anilines is 1. The number of hydrogen-bond acceptors (Lipinski definition) is 4. The van der Waals surface area contributed by atoms with Crippen molar-refractivity contribution >= 4 is 23.1 Å². The number of amidine groups is 1. The number of rotatable bonds is 2. The van der Waals surface area contributed by atoms with Gasteiger partial charge in [0.15, 0.2) is 11.5 Å². The molecule has 2 aliphatic rings. The van der Waals surface area contributed by atoms with Gasteiger partial charge in [0.2, 0.25) is 0 Å². The van der Waals surface area contributed by atoms with Crippen LogP contribution < -0.4 is 4.90 Å². The lowest BCUT2D eigenvalue weighted by Crippen LogP contribution is -2.25. The molecule has 2 aromatic rings. The lowest BCUT2D eigenvalue weighted by Gasteiger charge is -2.07. The van der Waals surface area contributed by atoms with Crippen molar-refractivity contribution in [1.29, 1.82) is 0 Å². The highest BCUT2D eigenvalue weighted by molar-refractivity contribution is 6.54. The van der Waals surface area contributed by atoms with Crippen molar-refractivity contribution < 1.29 is 4.79 Å². The highest BCUT2D eigenvalue weighted by Gasteiger charge is 2.31. The van der Waals surface area contributed by atoms with Crippen LogP contribution in [0.15, 0.2) is 75.0 Å². The molecule has 4 rings (SSSR count). The number of fused-ring (bicyclic) bond motifs is 1. The second-order valence-corrected chi connectivity index (χ2v) is 5.69. The van der Waals surface area contributed by atoms with Crippen molar-refractivity contribution in [3.8, 4) is 0 Å². The number of benzene rings is 2. The van der Waals surface area contributed by atoms with E-state index in [0.29, 0.717) is 18.0 Å². The van der Waals surface area contributed by atoms with Crippen molar-refractivity contribution in [2.24, 2.45) is 20.4 Å². The first-order chi connectivity index (χ1) is 11.7. The zero-order valence-electron chi connectivity index (χ0n) is 13.1. The molecule has 6 nitrogen and oxygen atoms in total. The first-order valence-electron chi connectivity index (χ1n) is 7.72. The van der Waals surface area contributed by atoms with Gasteiger partial charge >= 0.3 is 0 Å². The Morgan fingerprint density at radius 2 is 1.79 bits per heavy atom. The molecule has 0 saturated heterocycles. The Balaban J connectivity index is 1.59. The fraction of sp³-hybridized carbons (Fsp3) is 0.167. The molecule has 118 valence electrons. The molecular formula is C18H15N5O. The first kappa shape index (κ1) is 14.4. The maximum Gasteiger partial charge on any atom is 0.279 e. The zero-order chi connectivity index (χ0) is 16.5. The quantitative estimate of drug-likeness (QED) is 0.783. The van der Waals surface area contributed by atoms with E-state index >= 15 is 0 Å². The molecule has 0 radical (unpaired) electrons. The van der Waals surface area contributed by atoms with Gasteiger partial charge in [0, 0.05) is 19.0 Å². The molecule has 1 amide bonds. The smallest absolute Gasteiger partial charge is 0.279 e. The number of nitrogens with zero attached hydrogens (tertiary/aromatic N) is 5. The second-order valence-electron chi connectivity index (χ2n) is 5.69. The third-order valence-corrected chi connectivity index (χ3v) is 4.17. The van der Waals surface area contributed by atoms with Gasteiger partial charge in [0.25, 0.3) is 5.91 Å². The molecule has 0 unspecified atom stereocenters. The Labute approximate surface area is 139 Å². The van der Waals surface area contributed by atoms with Gasteiger partial charge in [-0.25, -0.2) is 0 Å². The summed E-state index contributed by atoms with van der Waals surface area (Å²) in [6, 6.07) is 17.5. The highest BCUT2D eigenvalue weighted by Crippen LogP contribution is 2.29. The van der Waals surface area contributed by atoms with Crippen LogP contribution in [0.4, 0.5) is 5.69 Å². The van der Waals surface area contributed by atoms with E-state index in [4.69, 9.17) is 0 Å². The summed E-state index contributed by atoms with van der Waals surface area (Å²) in [5, 5.41) is 16.7. The average molecular weight is 317 g/mol. The van der Waals surface area contributed by atoms with Crippen LogP contribution in [0, 0.1) is 0 Å². The molecule has 6 heteroatoms. The summed E-state index contributed by atoms with van der Waals surface area (Å²) in [4.78, 5) is 13.9. The van der Waals surface area contributed by atoms with E-state index in [1.165, 1.54) is 0 Å². The molecule has 2 aliphatic heterocycles. The third kappa shape index (κ3) is 2.42. The minimum Gasteiger partial charge on any atom is -0.309 e. The Bertz CT molecular complexity index is 885. The normalized spacial score (nSPS) is 22.6. The molecule has 0 aromatic heterocycles. The summed E-state index contributed by atoms with van der Waals surface area (Å²) in [6.07, 6.45) is 0.590. The molecule has 2 aromatic carbocycles. The van der Waals surface area contributed by atoms with Crippen molar-refractivity contribution in [3.63, 3.8) is 0 Å². The summed E-state index contributed by atoms with van der Waals surface area (Å²) in [5.74, 6) is 0.381. The first-order valence-corrected chi connectivity index (χ1v) is 7.72. The predicted molar refractivity (Wildman–Crippen MR) is 92.5 cm³/mol. The Hall–Kier alpha value is -3.15. The third-order valence-electron chi connectivity index (χ3n) is 4.17. The number of hydrogen-bond donors (Lipinski definition) is 0. The van der Waals surface area contributed by atoms with Crippen LogP contribution in [0.1, 0.15) is 23.6 Å². The zero-order valence-corrected chi connectivity index (χ0v) is 13.1. The fourth-order valence-electron chi connectivity index (χ4n) is 2.87. The van der Waals surface area contributed by atoms with E-state index in [1.807, 2.05) is 54.6 Å². The molecule has 0 N–H and O–H groups in total. The van der Waals surface area contributed by atoms with Gasteiger partial charge in [0.1, 0.15) is 6.04 Å². The number of carbonyl (C=O) groups excluding carboxylic acids is 1. The highest BCUT2D eigenvalue weighted by atomic mass is 16.2. The van der Waals surface area contributed by atoms with Crippen LogP contribution in [0.3, 0.4) is 0 Å².